The Morgan fingerprint density at radius 2 is 2.11 bits per heavy atom. The van der Waals surface area contributed by atoms with Crippen LogP contribution >= 0.6 is 0 Å². The van der Waals surface area contributed by atoms with Crippen molar-refractivity contribution in [2.75, 3.05) is 7.11 Å². The first-order chi connectivity index (χ1) is 8.51. The minimum absolute atomic E-state index is 0.0327. The van der Waals surface area contributed by atoms with E-state index in [1.807, 2.05) is 13.8 Å². The quantitative estimate of drug-likeness (QED) is 0.596. The number of hydrogen-bond donors (Lipinski definition) is 2. The molecule has 0 saturated heterocycles. The number of benzene rings is 1. The first-order valence-electron chi connectivity index (χ1n) is 6.08. The summed E-state index contributed by atoms with van der Waals surface area (Å²) in [5, 5.41) is 10.3. The smallest absolute Gasteiger partial charge is 0.169 e. The topological polar surface area (TPSA) is 72.6 Å². The van der Waals surface area contributed by atoms with E-state index in [0.717, 1.165) is 12.7 Å². The van der Waals surface area contributed by atoms with Gasteiger partial charge in [0.15, 0.2) is 5.72 Å². The minimum Gasteiger partial charge on any atom is -0.388 e. The number of aliphatic hydroxyl groups excluding tert-OH is 1. The fraction of sp³-hybridized carbons (Fsp3) is 0.500. The molecule has 3 N–H and O–H groups in total. The van der Waals surface area contributed by atoms with E-state index >= 15 is 0 Å². The van der Waals surface area contributed by atoms with Crippen LogP contribution in [-0.2, 0) is 10.5 Å². The van der Waals surface area contributed by atoms with Crippen LogP contribution in [0, 0.1) is 5.92 Å². The van der Waals surface area contributed by atoms with Crippen LogP contribution in [0.2, 0.25) is 0 Å². The number of nitrogens with two attached hydrogens (primary N) is 1. The number of ether oxygens (including phenoxy) is 1. The maximum Gasteiger partial charge on any atom is 0.169 e. The highest BCUT2D eigenvalue weighted by molar-refractivity contribution is 5.77. The molecule has 4 nitrogen and oxygen atoms in total. The van der Waals surface area contributed by atoms with Crippen LogP contribution in [0.15, 0.2) is 24.3 Å². The molecule has 1 rings (SSSR count). The molecule has 0 aliphatic carbocycles. The van der Waals surface area contributed by atoms with Gasteiger partial charge in [-0.05, 0) is 5.92 Å². The van der Waals surface area contributed by atoms with Crippen LogP contribution in [0.5, 0.6) is 0 Å². The Morgan fingerprint density at radius 1 is 1.50 bits per heavy atom. The van der Waals surface area contributed by atoms with Gasteiger partial charge in [0.25, 0.3) is 0 Å². The van der Waals surface area contributed by atoms with E-state index in [1.54, 1.807) is 24.3 Å². The van der Waals surface area contributed by atoms with E-state index in [-0.39, 0.29) is 5.92 Å². The zero-order valence-corrected chi connectivity index (χ0v) is 11.1. The molecule has 0 bridgehead atoms. The average molecular weight is 251 g/mol. The summed E-state index contributed by atoms with van der Waals surface area (Å²) in [6.07, 6.45) is 0.611. The Balaban J connectivity index is 3.25. The molecule has 0 heterocycles. The van der Waals surface area contributed by atoms with Crippen LogP contribution in [0.25, 0.3) is 0 Å². The molecule has 1 unspecified atom stereocenters. The molecule has 1 aromatic carbocycles. The van der Waals surface area contributed by atoms with Crippen LogP contribution < -0.4 is 5.73 Å². The van der Waals surface area contributed by atoms with Crippen LogP contribution in [-0.4, -0.2) is 24.6 Å². The molecule has 100 valence electrons. The predicted molar refractivity (Wildman–Crippen MR) is 70.2 cm³/mol. The number of hydrogen-bond acceptors (Lipinski definition) is 4. The highest BCUT2D eigenvalue weighted by Crippen LogP contribution is 2.30. The van der Waals surface area contributed by atoms with Crippen molar-refractivity contribution in [2.45, 2.75) is 32.1 Å². The predicted octanol–water partition coefficient (Wildman–Crippen LogP) is 1.66. The van der Waals surface area contributed by atoms with E-state index in [4.69, 9.17) is 10.5 Å². The molecule has 0 aliphatic rings. The first-order valence-corrected chi connectivity index (χ1v) is 6.08. The molecule has 18 heavy (non-hydrogen) atoms. The van der Waals surface area contributed by atoms with E-state index < -0.39 is 11.8 Å². The maximum absolute atomic E-state index is 11.1. The first kappa shape index (κ1) is 14.8. The number of carbonyl (C=O) groups excluding carboxylic acids is 1. The highest BCUT2D eigenvalue weighted by Gasteiger charge is 2.39. The summed E-state index contributed by atoms with van der Waals surface area (Å²) >= 11 is 0. The summed E-state index contributed by atoms with van der Waals surface area (Å²) in [5.41, 5.74) is 5.76. The monoisotopic (exact) mass is 251 g/mol. The molecule has 0 fully saturated rings. The van der Waals surface area contributed by atoms with Gasteiger partial charge in [-0.25, -0.2) is 0 Å². The molecule has 0 aromatic heterocycles. The van der Waals surface area contributed by atoms with Crippen LogP contribution in [0.3, 0.4) is 0 Å². The van der Waals surface area contributed by atoms with Crippen LogP contribution in [0.4, 0.5) is 0 Å². The second kappa shape index (κ2) is 6.09. The molecule has 1 aromatic rings. The molecular weight excluding hydrogens is 230 g/mol. The van der Waals surface area contributed by atoms with Gasteiger partial charge in [-0.2, -0.15) is 0 Å². The number of carbonyl (C=O) groups is 1. The molecular formula is C14H21NO3. The third-order valence-electron chi connectivity index (χ3n) is 3.47. The third kappa shape index (κ3) is 2.61. The summed E-state index contributed by atoms with van der Waals surface area (Å²) in [5.74, 6) is -0.0327. The Morgan fingerprint density at radius 3 is 2.61 bits per heavy atom. The lowest BCUT2D eigenvalue weighted by Gasteiger charge is -2.37. The van der Waals surface area contributed by atoms with Gasteiger partial charge in [-0.3, -0.25) is 10.5 Å². The van der Waals surface area contributed by atoms with Gasteiger partial charge in [0.2, 0.25) is 0 Å². The van der Waals surface area contributed by atoms with Crippen molar-refractivity contribution in [3.63, 3.8) is 0 Å². The number of methoxy groups -OCH3 is 1. The van der Waals surface area contributed by atoms with E-state index in [1.165, 1.54) is 7.11 Å². The summed E-state index contributed by atoms with van der Waals surface area (Å²) in [4.78, 5) is 11.1. The SMILES string of the molecule is CCC(C)[C@H](O)[C@@](N)(OC)c1ccccc1C=O. The van der Waals surface area contributed by atoms with Gasteiger partial charge in [0, 0.05) is 18.2 Å². The van der Waals surface area contributed by atoms with Crippen molar-refractivity contribution in [3.05, 3.63) is 35.4 Å². The van der Waals surface area contributed by atoms with E-state index in [9.17, 15) is 9.90 Å². The molecule has 0 amide bonds. The van der Waals surface area contributed by atoms with Crippen molar-refractivity contribution in [3.8, 4) is 0 Å². The molecule has 0 saturated carbocycles. The number of aliphatic hydroxyl groups is 1. The van der Waals surface area contributed by atoms with E-state index in [2.05, 4.69) is 0 Å². The van der Waals surface area contributed by atoms with Gasteiger partial charge in [0.05, 0.1) is 0 Å². The normalized spacial score (nSPS) is 17.8. The fourth-order valence-electron chi connectivity index (χ4n) is 1.99. The Hall–Kier alpha value is -1.23. The standard InChI is InChI=1S/C14H21NO3/c1-4-10(2)13(17)14(15,18-3)12-8-6-5-7-11(12)9-16/h5-10,13,17H,4,15H2,1-3H3/t10?,13-,14-/m0/s1. The summed E-state index contributed by atoms with van der Waals surface area (Å²) < 4.78 is 5.32. The summed E-state index contributed by atoms with van der Waals surface area (Å²) in [7, 11) is 1.44. The maximum atomic E-state index is 11.1. The largest absolute Gasteiger partial charge is 0.388 e. The van der Waals surface area contributed by atoms with Gasteiger partial charge in [-0.15, -0.1) is 0 Å². The Kier molecular flexibility index (Phi) is 5.02. The summed E-state index contributed by atoms with van der Waals surface area (Å²) in [6, 6.07) is 6.89. The zero-order valence-electron chi connectivity index (χ0n) is 11.1. The minimum atomic E-state index is -1.37. The van der Waals surface area contributed by atoms with Crippen molar-refractivity contribution in [1.82, 2.24) is 0 Å². The lowest BCUT2D eigenvalue weighted by atomic mass is 9.86. The molecule has 0 spiro atoms. The fourth-order valence-corrected chi connectivity index (χ4v) is 1.99. The van der Waals surface area contributed by atoms with Gasteiger partial charge in [0.1, 0.15) is 12.4 Å². The molecule has 0 aliphatic heterocycles. The zero-order chi connectivity index (χ0) is 13.8. The lowest BCUT2D eigenvalue weighted by molar-refractivity contribution is -0.125. The average Bonchev–Trinajstić information content (AvgIpc) is 2.44. The second-order valence-corrected chi connectivity index (χ2v) is 4.53. The van der Waals surface area contributed by atoms with Gasteiger partial charge in [-0.1, -0.05) is 44.5 Å². The third-order valence-corrected chi connectivity index (χ3v) is 3.47. The van der Waals surface area contributed by atoms with Crippen molar-refractivity contribution in [1.29, 1.82) is 0 Å². The Bertz CT molecular complexity index is 408. The highest BCUT2D eigenvalue weighted by atomic mass is 16.5. The van der Waals surface area contributed by atoms with Crippen molar-refractivity contribution >= 4 is 6.29 Å². The molecule has 4 heteroatoms. The van der Waals surface area contributed by atoms with Crippen LogP contribution in [0.1, 0.15) is 36.2 Å². The van der Waals surface area contributed by atoms with Gasteiger partial charge >= 0.3 is 0 Å². The molecule has 3 atom stereocenters. The second-order valence-electron chi connectivity index (χ2n) is 4.53. The number of rotatable bonds is 6. The van der Waals surface area contributed by atoms with Crippen molar-refractivity contribution < 1.29 is 14.6 Å². The molecule has 0 radical (unpaired) electrons. The Labute approximate surface area is 108 Å². The van der Waals surface area contributed by atoms with E-state index in [0.29, 0.717) is 11.1 Å². The van der Waals surface area contributed by atoms with Crippen molar-refractivity contribution in [2.24, 2.45) is 11.7 Å². The lowest BCUT2D eigenvalue weighted by Crippen LogP contribution is -2.52. The van der Waals surface area contributed by atoms with Gasteiger partial charge < -0.3 is 9.84 Å². The number of aldehydes is 1. The summed E-state index contributed by atoms with van der Waals surface area (Å²) in [6.45, 7) is 3.87.